The number of aromatic nitrogens is 1. The van der Waals surface area contributed by atoms with Crippen LogP contribution >= 0.6 is 0 Å². The average molecular weight is 426 g/mol. The van der Waals surface area contributed by atoms with Gasteiger partial charge in [0.2, 0.25) is 11.8 Å². The zero-order chi connectivity index (χ0) is 21.6. The molecule has 164 valence electrons. The summed E-state index contributed by atoms with van der Waals surface area (Å²) in [5.74, 6) is -0.261. The number of hydrogen-bond acceptors (Lipinski definition) is 5. The van der Waals surface area contributed by atoms with Gasteiger partial charge in [0.1, 0.15) is 5.82 Å². The molecule has 7 nitrogen and oxygen atoms in total. The van der Waals surface area contributed by atoms with E-state index in [0.717, 1.165) is 24.2 Å². The van der Waals surface area contributed by atoms with Crippen LogP contribution in [0.15, 0.2) is 48.7 Å². The number of amides is 2. The zero-order valence-corrected chi connectivity index (χ0v) is 17.4. The van der Waals surface area contributed by atoms with Gasteiger partial charge in [-0.25, -0.2) is 4.39 Å². The number of benzene rings is 1. The number of halogens is 1. The van der Waals surface area contributed by atoms with Crippen LogP contribution in [0.4, 0.5) is 4.39 Å². The highest BCUT2D eigenvalue weighted by Gasteiger charge is 2.43. The van der Waals surface area contributed by atoms with Gasteiger partial charge < -0.3 is 16.0 Å². The van der Waals surface area contributed by atoms with E-state index in [1.54, 1.807) is 18.3 Å². The van der Waals surface area contributed by atoms with Crippen LogP contribution in [0.2, 0.25) is 0 Å². The third-order valence-electron chi connectivity index (χ3n) is 6.03. The highest BCUT2D eigenvalue weighted by atomic mass is 19.1. The molecule has 8 heteroatoms. The lowest BCUT2D eigenvalue weighted by Crippen LogP contribution is -2.58. The van der Waals surface area contributed by atoms with Crippen molar-refractivity contribution < 1.29 is 14.0 Å². The van der Waals surface area contributed by atoms with E-state index in [1.165, 1.54) is 12.1 Å². The summed E-state index contributed by atoms with van der Waals surface area (Å²) in [6, 6.07) is 12.1. The lowest BCUT2D eigenvalue weighted by atomic mass is 10.0. The minimum Gasteiger partial charge on any atom is -0.353 e. The lowest BCUT2D eigenvalue weighted by molar-refractivity contribution is -0.129. The molecule has 31 heavy (non-hydrogen) atoms. The predicted molar refractivity (Wildman–Crippen MR) is 114 cm³/mol. The molecule has 2 aliphatic rings. The minimum atomic E-state index is -0.289. The number of hydrogen-bond donors (Lipinski definition) is 3. The van der Waals surface area contributed by atoms with Gasteiger partial charge in [-0.05, 0) is 42.7 Å². The smallest absolute Gasteiger partial charge is 0.237 e. The third kappa shape index (κ3) is 5.65. The number of nitrogens with zero attached hydrogens (tertiary/aromatic N) is 2. The number of nitrogens with one attached hydrogen (secondary N) is 3. The quantitative estimate of drug-likeness (QED) is 0.595. The van der Waals surface area contributed by atoms with Gasteiger partial charge in [0.15, 0.2) is 0 Å². The summed E-state index contributed by atoms with van der Waals surface area (Å²) < 4.78 is 13.0. The average Bonchev–Trinajstić information content (AvgIpc) is 3.23. The van der Waals surface area contributed by atoms with E-state index in [1.807, 2.05) is 18.2 Å². The Balaban J connectivity index is 1.25. The number of carbonyl (C=O) groups is 2. The van der Waals surface area contributed by atoms with Crippen molar-refractivity contribution in [3.05, 3.63) is 65.7 Å². The van der Waals surface area contributed by atoms with Crippen LogP contribution in [0.5, 0.6) is 0 Å². The summed E-state index contributed by atoms with van der Waals surface area (Å²) in [5, 5.41) is 9.40. The van der Waals surface area contributed by atoms with Gasteiger partial charge in [0, 0.05) is 50.9 Å². The second kappa shape index (κ2) is 9.98. The van der Waals surface area contributed by atoms with Gasteiger partial charge in [0.05, 0.1) is 11.7 Å². The van der Waals surface area contributed by atoms with Gasteiger partial charge in [-0.15, -0.1) is 0 Å². The first kappa shape index (κ1) is 21.4. The molecule has 0 aliphatic carbocycles. The standard InChI is InChI=1S/C23H28FN5O2/c24-17-6-4-16(5-7-17)12-27-22(30)9-8-20-14-28-23(31)21-11-19(15-29(20)21)26-13-18-3-1-2-10-25-18/h1-7,10,19-21,26H,8-9,11-15H2,(H,27,30)(H,28,31). The van der Waals surface area contributed by atoms with E-state index in [9.17, 15) is 14.0 Å². The molecule has 2 aromatic rings. The molecule has 1 aromatic heterocycles. The summed E-state index contributed by atoms with van der Waals surface area (Å²) in [6.07, 6.45) is 3.60. The molecule has 1 aromatic carbocycles. The first-order valence-electron chi connectivity index (χ1n) is 10.8. The number of pyridine rings is 1. The summed E-state index contributed by atoms with van der Waals surface area (Å²) in [4.78, 5) is 31.2. The highest BCUT2D eigenvalue weighted by molar-refractivity contribution is 5.83. The van der Waals surface area contributed by atoms with Crippen LogP contribution in [0.3, 0.4) is 0 Å². The van der Waals surface area contributed by atoms with Crippen LogP contribution in [-0.2, 0) is 22.7 Å². The van der Waals surface area contributed by atoms with E-state index in [0.29, 0.717) is 32.5 Å². The topological polar surface area (TPSA) is 86.4 Å². The van der Waals surface area contributed by atoms with Crippen LogP contribution in [0.1, 0.15) is 30.5 Å². The molecule has 3 heterocycles. The molecular formula is C23H28FN5O2. The predicted octanol–water partition coefficient (Wildman–Crippen LogP) is 1.35. The normalized spacial score (nSPS) is 23.3. The minimum absolute atomic E-state index is 0.0400. The Kier molecular flexibility index (Phi) is 6.89. The Morgan fingerprint density at radius 2 is 2.03 bits per heavy atom. The van der Waals surface area contributed by atoms with Crippen molar-refractivity contribution in [1.29, 1.82) is 0 Å². The van der Waals surface area contributed by atoms with Crippen molar-refractivity contribution >= 4 is 11.8 Å². The summed E-state index contributed by atoms with van der Waals surface area (Å²) >= 11 is 0. The Morgan fingerprint density at radius 3 is 2.81 bits per heavy atom. The summed E-state index contributed by atoms with van der Waals surface area (Å²) in [7, 11) is 0. The van der Waals surface area contributed by atoms with E-state index in [4.69, 9.17) is 0 Å². The Bertz CT molecular complexity index is 893. The molecule has 2 fully saturated rings. The Hall–Kier alpha value is -2.84. The van der Waals surface area contributed by atoms with Gasteiger partial charge in [0.25, 0.3) is 0 Å². The van der Waals surface area contributed by atoms with E-state index in [2.05, 4.69) is 25.8 Å². The maximum atomic E-state index is 13.0. The highest BCUT2D eigenvalue weighted by Crippen LogP contribution is 2.26. The molecule has 0 radical (unpaired) electrons. The molecule has 2 aliphatic heterocycles. The fourth-order valence-corrected chi connectivity index (χ4v) is 4.33. The van der Waals surface area contributed by atoms with Crippen molar-refractivity contribution in [2.75, 3.05) is 13.1 Å². The molecule has 0 bridgehead atoms. The maximum absolute atomic E-state index is 13.0. The lowest BCUT2D eigenvalue weighted by Gasteiger charge is -2.37. The van der Waals surface area contributed by atoms with Crippen molar-refractivity contribution in [3.63, 3.8) is 0 Å². The maximum Gasteiger partial charge on any atom is 0.237 e. The third-order valence-corrected chi connectivity index (χ3v) is 6.03. The van der Waals surface area contributed by atoms with Gasteiger partial charge in [-0.1, -0.05) is 18.2 Å². The molecule has 3 atom stereocenters. The van der Waals surface area contributed by atoms with Crippen LogP contribution < -0.4 is 16.0 Å². The molecular weight excluding hydrogens is 397 g/mol. The Labute approximate surface area is 181 Å². The van der Waals surface area contributed by atoms with Crippen molar-refractivity contribution in [3.8, 4) is 0 Å². The largest absolute Gasteiger partial charge is 0.353 e. The van der Waals surface area contributed by atoms with Gasteiger partial charge >= 0.3 is 0 Å². The van der Waals surface area contributed by atoms with Crippen LogP contribution in [0.25, 0.3) is 0 Å². The van der Waals surface area contributed by atoms with E-state index >= 15 is 0 Å². The summed E-state index contributed by atoms with van der Waals surface area (Å²) in [6.45, 7) is 2.40. The fraction of sp³-hybridized carbons (Fsp3) is 0.435. The number of rotatable bonds is 8. The van der Waals surface area contributed by atoms with Gasteiger partial charge in [-0.3, -0.25) is 19.5 Å². The number of piperazine rings is 1. The van der Waals surface area contributed by atoms with Crippen molar-refractivity contribution in [2.45, 2.75) is 50.5 Å². The SMILES string of the molecule is O=C(CCC1CNC(=O)C2CC(NCc3ccccn3)CN12)NCc1ccc(F)cc1. The summed E-state index contributed by atoms with van der Waals surface area (Å²) in [5.41, 5.74) is 1.84. The van der Waals surface area contributed by atoms with E-state index in [-0.39, 0.29) is 35.8 Å². The molecule has 0 saturated carbocycles. The first-order valence-corrected chi connectivity index (χ1v) is 10.8. The van der Waals surface area contributed by atoms with Crippen molar-refractivity contribution in [2.24, 2.45) is 0 Å². The molecule has 3 unspecified atom stereocenters. The van der Waals surface area contributed by atoms with E-state index < -0.39 is 0 Å². The Morgan fingerprint density at radius 1 is 1.19 bits per heavy atom. The second-order valence-corrected chi connectivity index (χ2v) is 8.19. The van der Waals surface area contributed by atoms with Crippen LogP contribution in [0, 0.1) is 5.82 Å². The second-order valence-electron chi connectivity index (χ2n) is 8.19. The van der Waals surface area contributed by atoms with Gasteiger partial charge in [-0.2, -0.15) is 0 Å². The molecule has 0 spiro atoms. The van der Waals surface area contributed by atoms with Crippen molar-refractivity contribution in [1.82, 2.24) is 25.8 Å². The monoisotopic (exact) mass is 425 g/mol. The molecule has 4 rings (SSSR count). The van der Waals surface area contributed by atoms with Crippen LogP contribution in [-0.4, -0.2) is 52.9 Å². The number of fused-ring (bicyclic) bond motifs is 1. The zero-order valence-electron chi connectivity index (χ0n) is 17.4. The fourth-order valence-electron chi connectivity index (χ4n) is 4.33. The first-order chi connectivity index (χ1) is 15.1. The molecule has 3 N–H and O–H groups in total. The molecule has 2 saturated heterocycles. The number of carbonyl (C=O) groups excluding carboxylic acids is 2. The molecule has 2 amide bonds.